The van der Waals surface area contributed by atoms with Gasteiger partial charge in [-0.3, -0.25) is 9.79 Å². The second-order valence-electron chi connectivity index (χ2n) is 5.78. The standard InChI is InChI=1S/C20H18ClN3O4S/c1-3-28-20(26)18-19(29-24(23-18)15-8-6-14(21)7-9-15)22-12-17(25)13-4-10-16(27-2)11-5-13/h4-11H,3,12H2,1-2H3. The first-order chi connectivity index (χ1) is 14.0. The summed E-state index contributed by atoms with van der Waals surface area (Å²) < 4.78 is 12.0. The van der Waals surface area contributed by atoms with Gasteiger partial charge in [0.1, 0.15) is 12.3 Å². The van der Waals surface area contributed by atoms with Gasteiger partial charge in [-0.15, -0.1) is 5.10 Å². The van der Waals surface area contributed by atoms with E-state index in [1.165, 1.54) is 0 Å². The van der Waals surface area contributed by atoms with E-state index >= 15 is 0 Å². The van der Waals surface area contributed by atoms with Crippen LogP contribution in [0.15, 0.2) is 53.5 Å². The maximum absolute atomic E-state index is 12.5. The lowest BCUT2D eigenvalue weighted by molar-refractivity contribution is 0.0516. The van der Waals surface area contributed by atoms with E-state index < -0.39 is 5.97 Å². The molecule has 1 heterocycles. The molecule has 29 heavy (non-hydrogen) atoms. The molecule has 0 saturated heterocycles. The summed E-state index contributed by atoms with van der Waals surface area (Å²) in [4.78, 5) is 29.0. The van der Waals surface area contributed by atoms with Crippen LogP contribution in [0.5, 0.6) is 5.75 Å². The number of benzene rings is 2. The first-order valence-electron chi connectivity index (χ1n) is 8.73. The van der Waals surface area contributed by atoms with Crippen molar-refractivity contribution in [2.24, 2.45) is 4.99 Å². The quantitative estimate of drug-likeness (QED) is 0.422. The molecule has 0 N–H and O–H groups in total. The van der Waals surface area contributed by atoms with E-state index in [0.717, 1.165) is 11.5 Å². The van der Waals surface area contributed by atoms with Gasteiger partial charge in [-0.25, -0.2) is 4.79 Å². The van der Waals surface area contributed by atoms with Crippen LogP contribution in [0.1, 0.15) is 27.8 Å². The minimum atomic E-state index is -0.591. The smallest absolute Gasteiger partial charge is 0.362 e. The molecule has 0 spiro atoms. The molecule has 150 valence electrons. The Morgan fingerprint density at radius 2 is 1.83 bits per heavy atom. The van der Waals surface area contributed by atoms with Crippen LogP contribution >= 0.6 is 23.1 Å². The van der Waals surface area contributed by atoms with Crippen LogP contribution in [-0.2, 0) is 4.74 Å². The van der Waals surface area contributed by atoms with Gasteiger partial charge in [-0.1, -0.05) is 11.6 Å². The van der Waals surface area contributed by atoms with Crippen molar-refractivity contribution in [2.75, 3.05) is 20.3 Å². The molecule has 0 radical (unpaired) electrons. The molecule has 3 aromatic rings. The van der Waals surface area contributed by atoms with Crippen molar-refractivity contribution in [1.82, 2.24) is 9.17 Å². The predicted octanol–water partition coefficient (Wildman–Crippen LogP) is 3.56. The fourth-order valence-corrected chi connectivity index (χ4v) is 3.37. The number of carbonyl (C=O) groups excluding carboxylic acids is 2. The highest BCUT2D eigenvalue weighted by molar-refractivity contribution is 7.04. The number of aromatic nitrogens is 2. The number of nitrogens with zero attached hydrogens (tertiary/aromatic N) is 3. The Labute approximate surface area is 176 Å². The number of hydrogen-bond acceptors (Lipinski definition) is 7. The predicted molar refractivity (Wildman–Crippen MR) is 110 cm³/mol. The Bertz CT molecular complexity index is 1070. The summed E-state index contributed by atoms with van der Waals surface area (Å²) >= 11 is 7.06. The molecule has 0 aliphatic carbocycles. The summed E-state index contributed by atoms with van der Waals surface area (Å²) in [5.74, 6) is -0.115. The van der Waals surface area contributed by atoms with Crippen molar-refractivity contribution in [3.8, 4) is 11.4 Å². The van der Waals surface area contributed by atoms with Crippen LogP contribution in [0.2, 0.25) is 5.02 Å². The van der Waals surface area contributed by atoms with Gasteiger partial charge in [0.05, 0.1) is 19.4 Å². The minimum absolute atomic E-state index is 0.0642. The van der Waals surface area contributed by atoms with Crippen LogP contribution in [0, 0.1) is 0 Å². The molecule has 0 unspecified atom stereocenters. The van der Waals surface area contributed by atoms with Gasteiger partial charge in [-0.2, -0.15) is 4.07 Å². The zero-order valence-electron chi connectivity index (χ0n) is 15.8. The van der Waals surface area contributed by atoms with Crippen LogP contribution in [-0.4, -0.2) is 41.2 Å². The molecule has 0 aliphatic rings. The van der Waals surface area contributed by atoms with Gasteiger partial charge in [0, 0.05) is 10.6 Å². The van der Waals surface area contributed by atoms with E-state index in [1.807, 2.05) is 0 Å². The minimum Gasteiger partial charge on any atom is -0.497 e. The summed E-state index contributed by atoms with van der Waals surface area (Å²) in [6.45, 7) is 1.80. The van der Waals surface area contributed by atoms with E-state index in [0.29, 0.717) is 26.7 Å². The number of ketones is 1. The molecule has 0 atom stereocenters. The van der Waals surface area contributed by atoms with Crippen LogP contribution in [0.3, 0.4) is 0 Å². The third kappa shape index (κ3) is 5.10. The molecule has 2 aromatic carbocycles. The van der Waals surface area contributed by atoms with Crippen LogP contribution in [0.25, 0.3) is 5.69 Å². The van der Waals surface area contributed by atoms with E-state index in [2.05, 4.69) is 10.1 Å². The number of carbonyl (C=O) groups is 2. The third-order valence-corrected chi connectivity index (χ3v) is 5.07. The molecule has 0 fully saturated rings. The molecule has 0 bridgehead atoms. The van der Waals surface area contributed by atoms with Gasteiger partial charge in [0.25, 0.3) is 0 Å². The highest BCUT2D eigenvalue weighted by atomic mass is 35.5. The number of halogens is 1. The number of ether oxygens (including phenoxy) is 2. The first kappa shape index (κ1) is 20.8. The average Bonchev–Trinajstić information content (AvgIpc) is 3.17. The van der Waals surface area contributed by atoms with Gasteiger partial charge in [-0.05, 0) is 67.0 Å². The molecule has 3 rings (SSSR count). The largest absolute Gasteiger partial charge is 0.497 e. The third-order valence-electron chi connectivity index (χ3n) is 3.86. The zero-order valence-corrected chi connectivity index (χ0v) is 17.4. The number of esters is 1. The number of methoxy groups -OCH3 is 1. The van der Waals surface area contributed by atoms with Gasteiger partial charge in [0.15, 0.2) is 10.5 Å². The van der Waals surface area contributed by atoms with Crippen molar-refractivity contribution in [1.29, 1.82) is 0 Å². The fourth-order valence-electron chi connectivity index (χ4n) is 2.40. The van der Waals surface area contributed by atoms with Crippen LogP contribution < -0.4 is 9.41 Å². The molecule has 7 nitrogen and oxygen atoms in total. The Morgan fingerprint density at radius 1 is 1.14 bits per heavy atom. The summed E-state index contributed by atoms with van der Waals surface area (Å²) in [5.41, 5.74) is 1.28. The van der Waals surface area contributed by atoms with Crippen LogP contribution in [0.4, 0.5) is 0 Å². The number of rotatable bonds is 7. The van der Waals surface area contributed by atoms with Crippen molar-refractivity contribution in [3.05, 3.63) is 69.5 Å². The Balaban J connectivity index is 1.91. The lowest BCUT2D eigenvalue weighted by Crippen LogP contribution is -2.17. The summed E-state index contributed by atoms with van der Waals surface area (Å²) in [6.07, 6.45) is 0. The summed E-state index contributed by atoms with van der Waals surface area (Å²) in [5, 5.41) is 4.89. The highest BCUT2D eigenvalue weighted by Crippen LogP contribution is 2.15. The Kier molecular flexibility index (Phi) is 6.79. The number of hydrogen-bond donors (Lipinski definition) is 0. The monoisotopic (exact) mass is 431 g/mol. The van der Waals surface area contributed by atoms with E-state index in [9.17, 15) is 9.59 Å². The maximum atomic E-state index is 12.5. The second-order valence-corrected chi connectivity index (χ2v) is 7.13. The molecule has 0 saturated carbocycles. The topological polar surface area (TPSA) is 82.8 Å². The molecule has 0 amide bonds. The van der Waals surface area contributed by atoms with E-state index in [4.69, 9.17) is 21.1 Å². The molecule has 0 aliphatic heterocycles. The van der Waals surface area contributed by atoms with Gasteiger partial charge < -0.3 is 9.47 Å². The SMILES string of the molecule is CCOC(=O)c1nn(-c2ccc(Cl)cc2)sc1=NCC(=O)c1ccc(OC)cc1. The molecular formula is C20H18ClN3O4S. The fraction of sp³-hybridized carbons (Fsp3) is 0.200. The molecule has 1 aromatic heterocycles. The lowest BCUT2D eigenvalue weighted by Gasteiger charge is -2.01. The normalized spacial score (nSPS) is 11.3. The van der Waals surface area contributed by atoms with Crippen molar-refractivity contribution in [3.63, 3.8) is 0 Å². The van der Waals surface area contributed by atoms with Gasteiger partial charge >= 0.3 is 5.97 Å². The second kappa shape index (κ2) is 9.49. The Morgan fingerprint density at radius 3 is 2.45 bits per heavy atom. The van der Waals surface area contributed by atoms with Crippen molar-refractivity contribution in [2.45, 2.75) is 6.92 Å². The lowest BCUT2D eigenvalue weighted by atomic mass is 10.1. The molecule has 9 heteroatoms. The van der Waals surface area contributed by atoms with Crippen molar-refractivity contribution >= 4 is 34.9 Å². The number of Topliss-reactive ketones (excluding diaryl/α,β-unsaturated/α-hetero) is 1. The van der Waals surface area contributed by atoms with E-state index in [-0.39, 0.29) is 24.6 Å². The highest BCUT2D eigenvalue weighted by Gasteiger charge is 2.17. The van der Waals surface area contributed by atoms with Gasteiger partial charge in [0.2, 0.25) is 5.69 Å². The van der Waals surface area contributed by atoms with Crippen molar-refractivity contribution < 1.29 is 19.1 Å². The zero-order chi connectivity index (χ0) is 20.8. The summed E-state index contributed by atoms with van der Waals surface area (Å²) in [6, 6.07) is 13.7. The maximum Gasteiger partial charge on any atom is 0.362 e. The first-order valence-corrected chi connectivity index (χ1v) is 9.88. The molecular weight excluding hydrogens is 414 g/mol. The summed E-state index contributed by atoms with van der Waals surface area (Å²) in [7, 11) is 1.56. The van der Waals surface area contributed by atoms with E-state index in [1.54, 1.807) is 66.6 Å². The average molecular weight is 432 g/mol. The Hall–Kier alpha value is -2.97.